The Labute approximate surface area is 218 Å². The van der Waals surface area contributed by atoms with E-state index in [1.165, 1.54) is 38.5 Å². The van der Waals surface area contributed by atoms with E-state index < -0.39 is 0 Å². The van der Waals surface area contributed by atoms with Crippen LogP contribution in [0.4, 0.5) is 0 Å². The van der Waals surface area contributed by atoms with Gasteiger partial charge in [0.25, 0.3) is 0 Å². The molecule has 2 aliphatic heterocycles. The van der Waals surface area contributed by atoms with E-state index in [-0.39, 0.29) is 18.1 Å². The molecule has 6 rings (SSSR count). The largest absolute Gasteiger partial charge is 0.393 e. The number of aliphatic hydroxyl groups excluding tert-OH is 1. The van der Waals surface area contributed by atoms with Crippen LogP contribution >= 0.6 is 0 Å². The van der Waals surface area contributed by atoms with Crippen LogP contribution in [0, 0.1) is 46.3 Å². The lowest BCUT2D eigenvalue weighted by molar-refractivity contribution is -0.178. The number of hydroxylamine groups is 2. The van der Waals surface area contributed by atoms with Gasteiger partial charge in [0.15, 0.2) is 0 Å². The van der Waals surface area contributed by atoms with Crippen LogP contribution in [0.25, 0.3) is 0 Å². The monoisotopic (exact) mass is 498 g/mol. The molecule has 0 radical (unpaired) electrons. The molecule has 2 N–H and O–H groups in total. The summed E-state index contributed by atoms with van der Waals surface area (Å²) in [5.74, 6) is 4.40. The normalized spacial score (nSPS) is 48.6. The maximum Gasteiger partial charge on any atom is 0.246 e. The fourth-order valence-corrected chi connectivity index (χ4v) is 10.6. The molecule has 6 aliphatic rings. The topological polar surface area (TPSA) is 61.8 Å². The molecule has 5 nitrogen and oxygen atoms in total. The SMILES string of the molecule is CC[C@@H]1NC[C@@H]2CON(C(=O)CCC(C)[C@H]3CC[C@H]4[C@@H]5CC=C6C[C@@H](O)CC[C@]6(C)[C@H]5CC[C@]34C)[C@@H]21. The number of rotatable bonds is 5. The molecule has 4 aliphatic carbocycles. The van der Waals surface area contributed by atoms with Crippen LogP contribution in [0.1, 0.15) is 98.3 Å². The number of nitrogens with one attached hydrogen (secondary N) is 1. The van der Waals surface area contributed by atoms with E-state index in [2.05, 4.69) is 39.1 Å². The predicted molar refractivity (Wildman–Crippen MR) is 142 cm³/mol. The summed E-state index contributed by atoms with van der Waals surface area (Å²) in [5, 5.41) is 15.7. The van der Waals surface area contributed by atoms with Crippen molar-refractivity contribution in [1.29, 1.82) is 0 Å². The number of hydrogen-bond donors (Lipinski definition) is 2. The summed E-state index contributed by atoms with van der Waals surface area (Å²) in [4.78, 5) is 19.2. The zero-order valence-electron chi connectivity index (χ0n) is 23.2. The minimum absolute atomic E-state index is 0.121. The van der Waals surface area contributed by atoms with Crippen molar-refractivity contribution in [2.75, 3.05) is 13.2 Å². The maximum atomic E-state index is 13.3. The molecule has 0 bridgehead atoms. The molecule has 0 aromatic carbocycles. The Kier molecular flexibility index (Phi) is 6.61. The predicted octanol–water partition coefficient (Wildman–Crippen LogP) is 5.48. The first-order valence-electron chi connectivity index (χ1n) is 15.3. The van der Waals surface area contributed by atoms with Gasteiger partial charge in [-0.15, -0.1) is 0 Å². The van der Waals surface area contributed by atoms with Gasteiger partial charge in [0.1, 0.15) is 0 Å². The Bertz CT molecular complexity index is 889. The van der Waals surface area contributed by atoms with E-state index in [9.17, 15) is 9.90 Å². The molecule has 0 spiro atoms. The summed E-state index contributed by atoms with van der Waals surface area (Å²) in [6.45, 7) is 11.4. The van der Waals surface area contributed by atoms with Gasteiger partial charge >= 0.3 is 0 Å². The van der Waals surface area contributed by atoms with E-state index >= 15 is 0 Å². The summed E-state index contributed by atoms with van der Waals surface area (Å²) in [5.41, 5.74) is 2.30. The molecule has 1 unspecified atom stereocenters. The van der Waals surface area contributed by atoms with Gasteiger partial charge in [-0.2, -0.15) is 0 Å². The van der Waals surface area contributed by atoms with Crippen molar-refractivity contribution in [3.05, 3.63) is 11.6 Å². The minimum atomic E-state index is -0.121. The highest BCUT2D eigenvalue weighted by Gasteiger charge is 2.59. The van der Waals surface area contributed by atoms with Gasteiger partial charge in [-0.05, 0) is 105 Å². The number of carbonyl (C=O) groups is 1. The second-order valence-corrected chi connectivity index (χ2v) is 14.1. The number of nitrogens with zero attached hydrogens (tertiary/aromatic N) is 1. The van der Waals surface area contributed by atoms with E-state index in [1.54, 1.807) is 10.6 Å². The minimum Gasteiger partial charge on any atom is -0.393 e. The van der Waals surface area contributed by atoms with Crippen molar-refractivity contribution in [2.45, 2.75) is 117 Å². The first-order chi connectivity index (χ1) is 17.3. The third kappa shape index (κ3) is 3.85. The van der Waals surface area contributed by atoms with Crippen LogP contribution in [0.2, 0.25) is 0 Å². The fraction of sp³-hybridized carbons (Fsp3) is 0.903. The first kappa shape index (κ1) is 25.4. The highest BCUT2D eigenvalue weighted by Crippen LogP contribution is 2.67. The molecular formula is C31H50N2O3. The molecule has 11 atom stereocenters. The van der Waals surface area contributed by atoms with Crippen LogP contribution in [0.15, 0.2) is 11.6 Å². The Morgan fingerprint density at radius 2 is 2.06 bits per heavy atom. The lowest BCUT2D eigenvalue weighted by Crippen LogP contribution is -2.50. The summed E-state index contributed by atoms with van der Waals surface area (Å²) in [6, 6.07) is 0.607. The zero-order chi connectivity index (χ0) is 25.2. The Balaban J connectivity index is 1.10. The van der Waals surface area contributed by atoms with Gasteiger partial charge in [-0.1, -0.05) is 39.3 Å². The summed E-state index contributed by atoms with van der Waals surface area (Å²) >= 11 is 0. The molecule has 3 saturated carbocycles. The fourth-order valence-electron chi connectivity index (χ4n) is 10.6. The van der Waals surface area contributed by atoms with E-state index in [0.717, 1.165) is 55.9 Å². The molecule has 1 amide bonds. The smallest absolute Gasteiger partial charge is 0.246 e. The second-order valence-electron chi connectivity index (χ2n) is 14.1. The molecule has 5 heteroatoms. The van der Waals surface area contributed by atoms with Gasteiger partial charge in [0, 0.05) is 24.9 Å². The average molecular weight is 499 g/mol. The van der Waals surface area contributed by atoms with Gasteiger partial charge in [0.05, 0.1) is 18.8 Å². The van der Waals surface area contributed by atoms with Crippen molar-refractivity contribution < 1.29 is 14.7 Å². The molecule has 2 saturated heterocycles. The highest BCUT2D eigenvalue weighted by atomic mass is 16.7. The number of hydrogen-bond acceptors (Lipinski definition) is 4. The molecular weight excluding hydrogens is 448 g/mol. The highest BCUT2D eigenvalue weighted by molar-refractivity contribution is 5.75. The Hall–Kier alpha value is -0.910. The van der Waals surface area contributed by atoms with Crippen molar-refractivity contribution in [3.63, 3.8) is 0 Å². The number of carbonyl (C=O) groups excluding carboxylic acids is 1. The molecule has 5 fully saturated rings. The van der Waals surface area contributed by atoms with Crippen molar-refractivity contribution in [2.24, 2.45) is 46.3 Å². The maximum absolute atomic E-state index is 13.3. The molecule has 0 aromatic rings. The van der Waals surface area contributed by atoms with Gasteiger partial charge in [-0.3, -0.25) is 9.63 Å². The van der Waals surface area contributed by atoms with Crippen LogP contribution in [0.3, 0.4) is 0 Å². The standard InChI is InChI=1S/C31H50N2O3/c1-5-27-29-20(17-32-27)18-36-33(29)28(35)11-6-19(2)24-9-10-25-23-8-7-21-16-22(34)12-14-30(21,3)26(23)13-15-31(24,25)4/h7,19-20,22-27,29,32,34H,5-6,8-18H2,1-4H3/t19?,20-,22+,23+,24-,25+,26+,27+,29+,30+,31-/m1/s1. The molecule has 0 aromatic heterocycles. The van der Waals surface area contributed by atoms with Gasteiger partial charge in [0.2, 0.25) is 5.91 Å². The number of fused-ring (bicyclic) bond motifs is 6. The average Bonchev–Trinajstić information content (AvgIpc) is 3.55. The van der Waals surface area contributed by atoms with Crippen molar-refractivity contribution >= 4 is 5.91 Å². The van der Waals surface area contributed by atoms with Crippen LogP contribution in [-0.4, -0.2) is 47.4 Å². The van der Waals surface area contributed by atoms with Gasteiger partial charge < -0.3 is 10.4 Å². The Morgan fingerprint density at radius 1 is 1.22 bits per heavy atom. The number of amides is 1. The number of allylic oxidation sites excluding steroid dienone is 1. The zero-order valence-corrected chi connectivity index (χ0v) is 23.2. The van der Waals surface area contributed by atoms with Crippen LogP contribution in [-0.2, 0) is 9.63 Å². The van der Waals surface area contributed by atoms with Crippen LogP contribution < -0.4 is 5.32 Å². The molecule has 36 heavy (non-hydrogen) atoms. The first-order valence-corrected chi connectivity index (χ1v) is 15.3. The quantitative estimate of drug-likeness (QED) is 0.493. The Morgan fingerprint density at radius 3 is 2.86 bits per heavy atom. The number of aliphatic hydroxyl groups is 1. The lowest BCUT2D eigenvalue weighted by atomic mass is 9.47. The van der Waals surface area contributed by atoms with E-state index in [1.807, 2.05) is 0 Å². The summed E-state index contributed by atoms with van der Waals surface area (Å²) in [7, 11) is 0. The van der Waals surface area contributed by atoms with Crippen molar-refractivity contribution in [3.8, 4) is 0 Å². The summed E-state index contributed by atoms with van der Waals surface area (Å²) < 4.78 is 0. The van der Waals surface area contributed by atoms with Gasteiger partial charge in [-0.25, -0.2) is 5.06 Å². The van der Waals surface area contributed by atoms with Crippen LogP contribution in [0.5, 0.6) is 0 Å². The van der Waals surface area contributed by atoms with E-state index in [0.29, 0.717) is 41.7 Å². The third-order valence-electron chi connectivity index (χ3n) is 12.6. The van der Waals surface area contributed by atoms with E-state index in [4.69, 9.17) is 4.84 Å². The molecule has 202 valence electrons. The lowest BCUT2D eigenvalue weighted by Gasteiger charge is -2.58. The summed E-state index contributed by atoms with van der Waals surface area (Å²) in [6.07, 6.45) is 14.8. The third-order valence-corrected chi connectivity index (χ3v) is 12.6. The second kappa shape index (κ2) is 9.38. The van der Waals surface area contributed by atoms with Crippen molar-refractivity contribution in [1.82, 2.24) is 10.4 Å². The molecule has 2 heterocycles.